The first-order chi connectivity index (χ1) is 16.7. The van der Waals surface area contributed by atoms with Gasteiger partial charge in [0.25, 0.3) is 5.56 Å². The maximum atomic E-state index is 13.2. The standard InChI is InChI=1S/C23H22ClFN6O3S/c1-14-2-5-17(24)12-19(14)35(33,34)30-10-8-16(9-11-30)21-26-22-20(23(32)27-21)28-29-31(22)13-15-3-6-18(25)7-4-15/h2-7,12,16H,8-11,13H2,1H3,(H,26,27,32). The molecule has 35 heavy (non-hydrogen) atoms. The van der Waals surface area contributed by atoms with Gasteiger partial charge in [0.05, 0.1) is 11.4 Å². The molecule has 1 aliphatic heterocycles. The lowest BCUT2D eigenvalue weighted by molar-refractivity contribution is 0.313. The van der Waals surface area contributed by atoms with Gasteiger partial charge in [-0.3, -0.25) is 4.79 Å². The Labute approximate surface area is 205 Å². The summed E-state index contributed by atoms with van der Waals surface area (Å²) < 4.78 is 42.5. The Morgan fingerprint density at radius 1 is 1.14 bits per heavy atom. The molecule has 0 unspecified atom stereocenters. The number of halogens is 2. The van der Waals surface area contributed by atoms with Crippen molar-refractivity contribution < 1.29 is 12.8 Å². The summed E-state index contributed by atoms with van der Waals surface area (Å²) in [6, 6.07) is 10.8. The highest BCUT2D eigenvalue weighted by molar-refractivity contribution is 7.89. The van der Waals surface area contributed by atoms with Gasteiger partial charge in [0.1, 0.15) is 11.6 Å². The van der Waals surface area contributed by atoms with Crippen LogP contribution >= 0.6 is 11.6 Å². The summed E-state index contributed by atoms with van der Waals surface area (Å²) in [5, 5.41) is 8.36. The number of aromatic amines is 1. The van der Waals surface area contributed by atoms with Crippen LogP contribution in [0.15, 0.2) is 52.2 Å². The lowest BCUT2D eigenvalue weighted by Gasteiger charge is -2.31. The molecule has 5 rings (SSSR count). The summed E-state index contributed by atoms with van der Waals surface area (Å²) in [5.74, 6) is 0.00209. The Hall–Kier alpha value is -3.15. The predicted molar refractivity (Wildman–Crippen MR) is 128 cm³/mol. The number of piperidine rings is 1. The fraction of sp³-hybridized carbons (Fsp3) is 0.304. The van der Waals surface area contributed by atoms with E-state index in [0.29, 0.717) is 34.9 Å². The summed E-state index contributed by atoms with van der Waals surface area (Å²) in [5.41, 5.74) is 1.47. The number of rotatable bonds is 5. The molecule has 4 aromatic rings. The zero-order chi connectivity index (χ0) is 24.7. The van der Waals surface area contributed by atoms with Crippen molar-refractivity contribution >= 4 is 32.8 Å². The van der Waals surface area contributed by atoms with E-state index in [-0.39, 0.29) is 41.8 Å². The average Bonchev–Trinajstić information content (AvgIpc) is 3.25. The minimum Gasteiger partial charge on any atom is -0.308 e. The molecule has 0 bridgehead atoms. The van der Waals surface area contributed by atoms with E-state index in [2.05, 4.69) is 20.3 Å². The van der Waals surface area contributed by atoms with Gasteiger partial charge in [0.15, 0.2) is 11.2 Å². The van der Waals surface area contributed by atoms with Crippen molar-refractivity contribution in [2.24, 2.45) is 0 Å². The van der Waals surface area contributed by atoms with Crippen molar-refractivity contribution in [1.29, 1.82) is 0 Å². The Balaban J connectivity index is 1.37. The molecule has 0 saturated carbocycles. The Morgan fingerprint density at radius 2 is 1.86 bits per heavy atom. The first kappa shape index (κ1) is 23.6. The van der Waals surface area contributed by atoms with Crippen molar-refractivity contribution in [2.75, 3.05) is 13.1 Å². The number of aryl methyl sites for hydroxylation is 1. The molecule has 1 aliphatic rings. The largest absolute Gasteiger partial charge is 0.308 e. The third-order valence-corrected chi connectivity index (χ3v) is 8.52. The van der Waals surface area contributed by atoms with Gasteiger partial charge in [-0.2, -0.15) is 4.31 Å². The van der Waals surface area contributed by atoms with Crippen molar-refractivity contribution in [3.05, 3.63) is 80.6 Å². The van der Waals surface area contributed by atoms with Crippen LogP contribution in [0.4, 0.5) is 4.39 Å². The summed E-state index contributed by atoms with van der Waals surface area (Å²) in [7, 11) is -3.69. The second kappa shape index (κ2) is 9.14. The van der Waals surface area contributed by atoms with Crippen LogP contribution in [0.2, 0.25) is 5.02 Å². The number of hydrogen-bond acceptors (Lipinski definition) is 6. The molecule has 0 atom stereocenters. The minimum atomic E-state index is -3.69. The van der Waals surface area contributed by atoms with Crippen LogP contribution in [0.3, 0.4) is 0 Å². The van der Waals surface area contributed by atoms with Crippen molar-refractivity contribution in [3.63, 3.8) is 0 Å². The van der Waals surface area contributed by atoms with Gasteiger partial charge in [0, 0.05) is 24.0 Å². The predicted octanol–water partition coefficient (Wildman–Crippen LogP) is 3.23. The molecule has 0 amide bonds. The number of nitrogens with zero attached hydrogens (tertiary/aromatic N) is 5. The Kier molecular flexibility index (Phi) is 6.16. The van der Waals surface area contributed by atoms with Crippen LogP contribution in [0.5, 0.6) is 0 Å². The van der Waals surface area contributed by atoms with Crippen LogP contribution in [-0.4, -0.2) is 50.8 Å². The number of sulfonamides is 1. The van der Waals surface area contributed by atoms with Crippen LogP contribution in [0.1, 0.15) is 35.7 Å². The summed E-state index contributed by atoms with van der Waals surface area (Å²) in [6.07, 6.45) is 0.986. The molecule has 9 nitrogen and oxygen atoms in total. The third-order valence-electron chi connectivity index (χ3n) is 6.25. The van der Waals surface area contributed by atoms with E-state index in [1.54, 1.807) is 31.2 Å². The molecule has 1 saturated heterocycles. The maximum Gasteiger partial charge on any atom is 0.281 e. The number of fused-ring (bicyclic) bond motifs is 1. The van der Waals surface area contributed by atoms with E-state index in [9.17, 15) is 17.6 Å². The van der Waals surface area contributed by atoms with Crippen LogP contribution in [0, 0.1) is 12.7 Å². The first-order valence-corrected chi connectivity index (χ1v) is 12.9. The molecule has 0 spiro atoms. The molecular formula is C23H22ClFN6O3S. The van der Waals surface area contributed by atoms with E-state index >= 15 is 0 Å². The Morgan fingerprint density at radius 3 is 2.57 bits per heavy atom. The van der Waals surface area contributed by atoms with Crippen LogP contribution < -0.4 is 5.56 Å². The summed E-state index contributed by atoms with van der Waals surface area (Å²) in [6.45, 7) is 2.59. The number of aromatic nitrogens is 5. The number of hydrogen-bond donors (Lipinski definition) is 1. The molecule has 0 aliphatic carbocycles. The van der Waals surface area contributed by atoms with E-state index in [1.165, 1.54) is 27.2 Å². The summed E-state index contributed by atoms with van der Waals surface area (Å²) in [4.78, 5) is 20.3. The third kappa shape index (κ3) is 4.58. The maximum absolute atomic E-state index is 13.2. The van der Waals surface area contributed by atoms with Gasteiger partial charge in [-0.05, 0) is 55.2 Å². The van der Waals surface area contributed by atoms with Crippen molar-refractivity contribution in [1.82, 2.24) is 29.3 Å². The highest BCUT2D eigenvalue weighted by atomic mass is 35.5. The quantitative estimate of drug-likeness (QED) is 0.435. The molecule has 1 fully saturated rings. The van der Waals surface area contributed by atoms with Crippen molar-refractivity contribution in [3.8, 4) is 0 Å². The molecule has 12 heteroatoms. The van der Waals surface area contributed by atoms with Gasteiger partial charge < -0.3 is 4.98 Å². The van der Waals surface area contributed by atoms with Crippen LogP contribution in [0.25, 0.3) is 11.2 Å². The molecule has 3 heterocycles. The van der Waals surface area contributed by atoms with E-state index in [1.807, 2.05) is 0 Å². The fourth-order valence-electron chi connectivity index (χ4n) is 4.31. The highest BCUT2D eigenvalue weighted by Crippen LogP contribution is 2.31. The molecular weight excluding hydrogens is 495 g/mol. The lowest BCUT2D eigenvalue weighted by atomic mass is 9.97. The second-order valence-corrected chi connectivity index (χ2v) is 10.9. The second-order valence-electron chi connectivity index (χ2n) is 8.59. The number of H-pyrrole nitrogens is 1. The molecule has 2 aromatic heterocycles. The molecule has 0 radical (unpaired) electrons. The lowest BCUT2D eigenvalue weighted by Crippen LogP contribution is -2.38. The SMILES string of the molecule is Cc1ccc(Cl)cc1S(=O)(=O)N1CCC(c2nc3c(nnn3Cc3ccc(F)cc3)c(=O)[nH]2)CC1. The van der Waals surface area contributed by atoms with Gasteiger partial charge in [0.2, 0.25) is 10.0 Å². The van der Waals surface area contributed by atoms with E-state index in [0.717, 1.165) is 5.56 Å². The van der Waals surface area contributed by atoms with Gasteiger partial charge >= 0.3 is 0 Å². The first-order valence-electron chi connectivity index (χ1n) is 11.1. The average molecular weight is 517 g/mol. The van der Waals surface area contributed by atoms with E-state index in [4.69, 9.17) is 11.6 Å². The monoisotopic (exact) mass is 516 g/mol. The minimum absolute atomic E-state index is 0.118. The normalized spacial score (nSPS) is 15.6. The Bertz CT molecular complexity index is 1560. The van der Waals surface area contributed by atoms with Gasteiger partial charge in [-0.1, -0.05) is 35.0 Å². The van der Waals surface area contributed by atoms with Gasteiger partial charge in [-0.15, -0.1) is 5.10 Å². The number of nitrogens with one attached hydrogen (secondary N) is 1. The molecule has 2 aromatic carbocycles. The number of benzene rings is 2. The zero-order valence-electron chi connectivity index (χ0n) is 18.8. The van der Waals surface area contributed by atoms with E-state index < -0.39 is 15.6 Å². The van der Waals surface area contributed by atoms with Gasteiger partial charge in [-0.25, -0.2) is 22.5 Å². The molecule has 1 N–H and O–H groups in total. The van der Waals surface area contributed by atoms with Crippen LogP contribution in [-0.2, 0) is 16.6 Å². The smallest absolute Gasteiger partial charge is 0.281 e. The summed E-state index contributed by atoms with van der Waals surface area (Å²) >= 11 is 6.04. The highest BCUT2D eigenvalue weighted by Gasteiger charge is 2.32. The fourth-order valence-corrected chi connectivity index (χ4v) is 6.26. The topological polar surface area (TPSA) is 114 Å². The zero-order valence-corrected chi connectivity index (χ0v) is 20.4. The van der Waals surface area contributed by atoms with Crippen molar-refractivity contribution in [2.45, 2.75) is 37.1 Å². The molecule has 182 valence electrons.